The van der Waals surface area contributed by atoms with Gasteiger partial charge in [0.1, 0.15) is 11.1 Å². The fourth-order valence-electron chi connectivity index (χ4n) is 1.29. The molecule has 1 aromatic carbocycles. The van der Waals surface area contributed by atoms with Gasteiger partial charge in [-0.1, -0.05) is 23.7 Å². The highest BCUT2D eigenvalue weighted by Gasteiger charge is 2.06. The number of nitrogens with two attached hydrogens (primary N) is 1. The van der Waals surface area contributed by atoms with Crippen LogP contribution in [0.3, 0.4) is 0 Å². The van der Waals surface area contributed by atoms with Crippen LogP contribution in [-0.2, 0) is 0 Å². The Kier molecular flexibility index (Phi) is 3.08. The SMILES string of the molecule is N#Cc1ccccc1Nc1nc(N)ncc1Cl. The minimum Gasteiger partial charge on any atom is -0.368 e. The number of hydrogen-bond donors (Lipinski definition) is 2. The van der Waals surface area contributed by atoms with Crippen molar-refractivity contribution in [2.24, 2.45) is 0 Å². The minimum atomic E-state index is 0.117. The number of nitriles is 1. The molecular weight excluding hydrogens is 238 g/mol. The Morgan fingerprint density at radius 1 is 1.35 bits per heavy atom. The lowest BCUT2D eigenvalue weighted by Gasteiger charge is -2.08. The van der Waals surface area contributed by atoms with Crippen LogP contribution in [0.5, 0.6) is 0 Å². The molecule has 2 rings (SSSR count). The first kappa shape index (κ1) is 11.2. The number of nitrogen functional groups attached to an aromatic ring is 1. The summed E-state index contributed by atoms with van der Waals surface area (Å²) < 4.78 is 0. The van der Waals surface area contributed by atoms with Gasteiger partial charge >= 0.3 is 0 Å². The van der Waals surface area contributed by atoms with Crippen LogP contribution in [0, 0.1) is 11.3 Å². The van der Waals surface area contributed by atoms with Crippen molar-refractivity contribution in [1.29, 1.82) is 5.26 Å². The highest BCUT2D eigenvalue weighted by Crippen LogP contribution is 2.24. The van der Waals surface area contributed by atoms with Crippen molar-refractivity contribution in [1.82, 2.24) is 9.97 Å². The predicted molar refractivity (Wildman–Crippen MR) is 65.9 cm³/mol. The van der Waals surface area contributed by atoms with E-state index in [1.54, 1.807) is 18.2 Å². The third-order valence-electron chi connectivity index (χ3n) is 2.06. The molecule has 0 unspecified atom stereocenters. The molecule has 1 heterocycles. The van der Waals surface area contributed by atoms with E-state index in [-0.39, 0.29) is 5.95 Å². The van der Waals surface area contributed by atoms with Crippen molar-refractivity contribution in [3.05, 3.63) is 41.0 Å². The Labute approximate surface area is 103 Å². The van der Waals surface area contributed by atoms with Crippen LogP contribution in [0.25, 0.3) is 0 Å². The van der Waals surface area contributed by atoms with E-state index in [1.165, 1.54) is 6.20 Å². The second kappa shape index (κ2) is 4.68. The Balaban J connectivity index is 2.38. The normalized spacial score (nSPS) is 9.65. The maximum absolute atomic E-state index is 8.94. The summed E-state index contributed by atoms with van der Waals surface area (Å²) >= 11 is 5.92. The number of rotatable bonds is 2. The van der Waals surface area contributed by atoms with Crippen LogP contribution in [0.4, 0.5) is 17.5 Å². The monoisotopic (exact) mass is 245 g/mol. The molecule has 0 amide bonds. The second-order valence-corrected chi connectivity index (χ2v) is 3.61. The molecular formula is C11H8ClN5. The molecule has 0 aliphatic carbocycles. The summed E-state index contributed by atoms with van der Waals surface area (Å²) in [6.45, 7) is 0. The Bertz CT molecular complexity index is 591. The molecule has 0 atom stereocenters. The summed E-state index contributed by atoms with van der Waals surface area (Å²) in [5, 5.41) is 12.2. The van der Waals surface area contributed by atoms with Gasteiger partial charge in [0.05, 0.1) is 17.4 Å². The van der Waals surface area contributed by atoms with E-state index in [1.807, 2.05) is 6.07 Å². The molecule has 0 aliphatic heterocycles. The van der Waals surface area contributed by atoms with Gasteiger partial charge < -0.3 is 11.1 Å². The van der Waals surface area contributed by atoms with Gasteiger partial charge in [-0.05, 0) is 12.1 Å². The zero-order chi connectivity index (χ0) is 12.3. The van der Waals surface area contributed by atoms with Crippen LogP contribution in [0.15, 0.2) is 30.5 Å². The van der Waals surface area contributed by atoms with Gasteiger partial charge in [0.15, 0.2) is 5.82 Å². The molecule has 0 saturated carbocycles. The first-order valence-corrected chi connectivity index (χ1v) is 5.12. The first-order chi connectivity index (χ1) is 8.20. The van der Waals surface area contributed by atoms with Gasteiger partial charge in [-0.15, -0.1) is 0 Å². The fourth-order valence-corrected chi connectivity index (χ4v) is 1.42. The standard InChI is InChI=1S/C11H8ClN5/c12-8-6-15-11(14)17-10(8)16-9-4-2-1-3-7(9)5-13/h1-4,6H,(H3,14,15,16,17). The molecule has 0 bridgehead atoms. The third kappa shape index (κ3) is 2.44. The maximum atomic E-state index is 8.94. The lowest BCUT2D eigenvalue weighted by atomic mass is 10.2. The quantitative estimate of drug-likeness (QED) is 0.848. The number of halogens is 1. The van der Waals surface area contributed by atoms with Gasteiger partial charge in [0.25, 0.3) is 0 Å². The van der Waals surface area contributed by atoms with Crippen LogP contribution < -0.4 is 11.1 Å². The summed E-state index contributed by atoms with van der Waals surface area (Å²) in [7, 11) is 0. The van der Waals surface area contributed by atoms with E-state index in [2.05, 4.69) is 21.4 Å². The Morgan fingerprint density at radius 3 is 2.88 bits per heavy atom. The molecule has 0 saturated heterocycles. The predicted octanol–water partition coefficient (Wildman–Crippen LogP) is 2.33. The smallest absolute Gasteiger partial charge is 0.222 e. The molecule has 0 spiro atoms. The second-order valence-electron chi connectivity index (χ2n) is 3.21. The summed E-state index contributed by atoms with van der Waals surface area (Å²) in [6.07, 6.45) is 1.40. The van der Waals surface area contributed by atoms with Crippen molar-refractivity contribution in [2.45, 2.75) is 0 Å². The highest BCUT2D eigenvalue weighted by atomic mass is 35.5. The van der Waals surface area contributed by atoms with Gasteiger partial charge in [0, 0.05) is 0 Å². The minimum absolute atomic E-state index is 0.117. The first-order valence-electron chi connectivity index (χ1n) is 4.75. The van der Waals surface area contributed by atoms with Gasteiger partial charge in [-0.25, -0.2) is 4.98 Å². The van der Waals surface area contributed by atoms with Crippen molar-refractivity contribution in [3.8, 4) is 6.07 Å². The molecule has 5 nitrogen and oxygen atoms in total. The molecule has 84 valence electrons. The van der Waals surface area contributed by atoms with Gasteiger partial charge in [0.2, 0.25) is 5.95 Å². The molecule has 1 aromatic heterocycles. The van der Waals surface area contributed by atoms with Gasteiger partial charge in [-0.3, -0.25) is 0 Å². The average molecular weight is 246 g/mol. The number of benzene rings is 1. The average Bonchev–Trinajstić information content (AvgIpc) is 2.34. The molecule has 3 N–H and O–H groups in total. The van der Waals surface area contributed by atoms with Crippen LogP contribution in [0.2, 0.25) is 5.02 Å². The third-order valence-corrected chi connectivity index (χ3v) is 2.34. The topological polar surface area (TPSA) is 87.6 Å². The number of nitrogens with zero attached hydrogens (tertiary/aromatic N) is 3. The van der Waals surface area contributed by atoms with E-state index >= 15 is 0 Å². The number of nitrogens with one attached hydrogen (secondary N) is 1. The van der Waals surface area contributed by atoms with Crippen molar-refractivity contribution in [2.75, 3.05) is 11.1 Å². The molecule has 0 fully saturated rings. The van der Waals surface area contributed by atoms with E-state index < -0.39 is 0 Å². The van der Waals surface area contributed by atoms with E-state index in [4.69, 9.17) is 22.6 Å². The van der Waals surface area contributed by atoms with Crippen molar-refractivity contribution in [3.63, 3.8) is 0 Å². The number of hydrogen-bond acceptors (Lipinski definition) is 5. The number of aromatic nitrogens is 2. The fraction of sp³-hybridized carbons (Fsp3) is 0. The molecule has 0 radical (unpaired) electrons. The maximum Gasteiger partial charge on any atom is 0.222 e. The van der Waals surface area contributed by atoms with Crippen LogP contribution in [-0.4, -0.2) is 9.97 Å². The van der Waals surface area contributed by atoms with Crippen LogP contribution >= 0.6 is 11.6 Å². The lowest BCUT2D eigenvalue weighted by molar-refractivity contribution is 1.18. The molecule has 2 aromatic rings. The Hall–Kier alpha value is -2.32. The number of para-hydroxylation sites is 1. The summed E-state index contributed by atoms with van der Waals surface area (Å²) in [4.78, 5) is 7.71. The van der Waals surface area contributed by atoms with E-state index in [0.29, 0.717) is 22.1 Å². The molecule has 6 heteroatoms. The van der Waals surface area contributed by atoms with E-state index in [9.17, 15) is 0 Å². The summed E-state index contributed by atoms with van der Waals surface area (Å²) in [5.41, 5.74) is 6.59. The van der Waals surface area contributed by atoms with Crippen molar-refractivity contribution >= 4 is 29.1 Å². The summed E-state index contributed by atoms with van der Waals surface area (Å²) in [5.74, 6) is 0.494. The number of anilines is 3. The molecule has 0 aliphatic rings. The molecule has 17 heavy (non-hydrogen) atoms. The van der Waals surface area contributed by atoms with E-state index in [0.717, 1.165) is 0 Å². The largest absolute Gasteiger partial charge is 0.368 e. The lowest BCUT2D eigenvalue weighted by Crippen LogP contribution is -2.01. The Morgan fingerprint density at radius 2 is 2.12 bits per heavy atom. The summed E-state index contributed by atoms with van der Waals surface area (Å²) in [6, 6.07) is 9.11. The van der Waals surface area contributed by atoms with Crippen LogP contribution in [0.1, 0.15) is 5.56 Å². The zero-order valence-corrected chi connectivity index (χ0v) is 9.44. The highest BCUT2D eigenvalue weighted by molar-refractivity contribution is 6.32. The van der Waals surface area contributed by atoms with Crippen molar-refractivity contribution < 1.29 is 0 Å². The van der Waals surface area contributed by atoms with Gasteiger partial charge in [-0.2, -0.15) is 10.2 Å². The zero-order valence-electron chi connectivity index (χ0n) is 8.68.